The van der Waals surface area contributed by atoms with Crippen molar-refractivity contribution in [1.82, 2.24) is 4.90 Å². The summed E-state index contributed by atoms with van der Waals surface area (Å²) in [7, 11) is 0. The standard InChI is InChI=1S/C14H22F2N2O/c1-10-4-3-5-12(8-10)14(11(2)17)18(6-7-19)9-13(15)16/h3-5,8,11,13-14,19H,6-7,9,17H2,1-2H3. The van der Waals surface area contributed by atoms with E-state index in [-0.39, 0.29) is 31.8 Å². The minimum atomic E-state index is -2.45. The van der Waals surface area contributed by atoms with Crippen LogP contribution in [0, 0.1) is 6.92 Å². The van der Waals surface area contributed by atoms with Gasteiger partial charge in [-0.25, -0.2) is 8.78 Å². The van der Waals surface area contributed by atoms with E-state index in [0.29, 0.717) is 0 Å². The number of nitrogens with zero attached hydrogens (tertiary/aromatic N) is 1. The second kappa shape index (κ2) is 7.53. The number of hydrogen-bond donors (Lipinski definition) is 2. The fraction of sp³-hybridized carbons (Fsp3) is 0.571. The van der Waals surface area contributed by atoms with Gasteiger partial charge in [0.25, 0.3) is 6.43 Å². The summed E-state index contributed by atoms with van der Waals surface area (Å²) in [6.07, 6.45) is -2.45. The van der Waals surface area contributed by atoms with Gasteiger partial charge in [-0.05, 0) is 19.4 Å². The summed E-state index contributed by atoms with van der Waals surface area (Å²) in [6.45, 7) is 3.38. The van der Waals surface area contributed by atoms with Gasteiger partial charge in [0.1, 0.15) is 0 Å². The fourth-order valence-electron chi connectivity index (χ4n) is 2.35. The molecule has 0 aliphatic rings. The molecule has 1 aromatic rings. The number of aliphatic hydroxyl groups is 1. The van der Waals surface area contributed by atoms with Gasteiger partial charge in [-0.3, -0.25) is 4.90 Å². The number of aryl methyl sites for hydroxylation is 1. The van der Waals surface area contributed by atoms with Crippen LogP contribution in [-0.2, 0) is 0 Å². The van der Waals surface area contributed by atoms with Crippen LogP contribution in [0.25, 0.3) is 0 Å². The highest BCUT2D eigenvalue weighted by molar-refractivity contribution is 5.26. The van der Waals surface area contributed by atoms with Gasteiger partial charge in [0.2, 0.25) is 0 Å². The zero-order valence-corrected chi connectivity index (χ0v) is 11.4. The first kappa shape index (κ1) is 16.0. The first-order valence-electron chi connectivity index (χ1n) is 6.41. The molecule has 0 amide bonds. The van der Waals surface area contributed by atoms with Crippen molar-refractivity contribution >= 4 is 0 Å². The molecule has 0 saturated carbocycles. The molecule has 2 unspecified atom stereocenters. The molecule has 3 N–H and O–H groups in total. The number of hydrogen-bond acceptors (Lipinski definition) is 3. The minimum Gasteiger partial charge on any atom is -0.395 e. The number of nitrogens with two attached hydrogens (primary N) is 1. The number of benzene rings is 1. The summed E-state index contributed by atoms with van der Waals surface area (Å²) < 4.78 is 25.3. The van der Waals surface area contributed by atoms with E-state index >= 15 is 0 Å². The lowest BCUT2D eigenvalue weighted by atomic mass is 9.97. The Labute approximate surface area is 113 Å². The maximum absolute atomic E-state index is 12.7. The summed E-state index contributed by atoms with van der Waals surface area (Å²) in [5, 5.41) is 9.05. The average molecular weight is 272 g/mol. The highest BCUT2D eigenvalue weighted by atomic mass is 19.3. The van der Waals surface area contributed by atoms with E-state index in [1.165, 1.54) is 0 Å². The summed E-state index contributed by atoms with van der Waals surface area (Å²) >= 11 is 0. The number of rotatable bonds is 7. The zero-order chi connectivity index (χ0) is 14.4. The fourth-order valence-corrected chi connectivity index (χ4v) is 2.35. The van der Waals surface area contributed by atoms with Crippen LogP contribution in [0.4, 0.5) is 8.78 Å². The predicted molar refractivity (Wildman–Crippen MR) is 72.2 cm³/mol. The molecule has 0 fully saturated rings. The van der Waals surface area contributed by atoms with Crippen molar-refractivity contribution in [1.29, 1.82) is 0 Å². The first-order chi connectivity index (χ1) is 8.95. The van der Waals surface area contributed by atoms with Crippen molar-refractivity contribution in [3.8, 4) is 0 Å². The summed E-state index contributed by atoms with van der Waals surface area (Å²) in [5.41, 5.74) is 7.92. The van der Waals surface area contributed by atoms with Crippen molar-refractivity contribution in [3.63, 3.8) is 0 Å². The van der Waals surface area contributed by atoms with Crippen molar-refractivity contribution in [2.45, 2.75) is 32.4 Å². The highest BCUT2D eigenvalue weighted by Gasteiger charge is 2.26. The van der Waals surface area contributed by atoms with Crippen molar-refractivity contribution < 1.29 is 13.9 Å². The van der Waals surface area contributed by atoms with E-state index in [2.05, 4.69) is 0 Å². The largest absolute Gasteiger partial charge is 0.395 e. The molecule has 0 spiro atoms. The number of aliphatic hydroxyl groups excluding tert-OH is 1. The van der Waals surface area contributed by atoms with Gasteiger partial charge in [0.15, 0.2) is 0 Å². The molecular formula is C14H22F2N2O. The van der Waals surface area contributed by atoms with Crippen LogP contribution >= 0.6 is 0 Å². The van der Waals surface area contributed by atoms with Crippen LogP contribution in [0.1, 0.15) is 24.1 Å². The molecule has 2 atom stereocenters. The van der Waals surface area contributed by atoms with Gasteiger partial charge in [0.05, 0.1) is 13.2 Å². The molecule has 3 nitrogen and oxygen atoms in total. The van der Waals surface area contributed by atoms with Gasteiger partial charge < -0.3 is 10.8 Å². The van der Waals surface area contributed by atoms with Crippen molar-refractivity contribution in [2.75, 3.05) is 19.7 Å². The SMILES string of the molecule is Cc1cccc(C(C(C)N)N(CCO)CC(F)F)c1. The number of alkyl halides is 2. The van der Waals surface area contributed by atoms with E-state index in [1.807, 2.05) is 31.2 Å². The lowest BCUT2D eigenvalue weighted by molar-refractivity contribution is 0.0487. The van der Waals surface area contributed by atoms with Crippen LogP contribution in [0.15, 0.2) is 24.3 Å². The molecule has 108 valence electrons. The third kappa shape index (κ3) is 4.86. The lowest BCUT2D eigenvalue weighted by Crippen LogP contribution is -2.43. The normalized spacial score (nSPS) is 14.9. The van der Waals surface area contributed by atoms with Crippen LogP contribution in [0.3, 0.4) is 0 Å². The van der Waals surface area contributed by atoms with Gasteiger partial charge >= 0.3 is 0 Å². The highest BCUT2D eigenvalue weighted by Crippen LogP contribution is 2.25. The molecule has 0 radical (unpaired) electrons. The summed E-state index contributed by atoms with van der Waals surface area (Å²) in [6, 6.07) is 7.05. The molecule has 0 aliphatic heterocycles. The van der Waals surface area contributed by atoms with Crippen molar-refractivity contribution in [3.05, 3.63) is 35.4 Å². The van der Waals surface area contributed by atoms with E-state index in [1.54, 1.807) is 11.8 Å². The van der Waals surface area contributed by atoms with Crippen LogP contribution in [0.2, 0.25) is 0 Å². The Bertz CT molecular complexity index is 385. The molecule has 0 bridgehead atoms. The predicted octanol–water partition coefficient (Wildman–Crippen LogP) is 1.94. The number of halogens is 2. The quantitative estimate of drug-likeness (QED) is 0.797. The van der Waals surface area contributed by atoms with E-state index in [9.17, 15) is 8.78 Å². The Kier molecular flexibility index (Phi) is 6.34. The summed E-state index contributed by atoms with van der Waals surface area (Å²) in [5.74, 6) is 0. The van der Waals surface area contributed by atoms with Gasteiger partial charge in [-0.15, -0.1) is 0 Å². The van der Waals surface area contributed by atoms with Gasteiger partial charge in [-0.2, -0.15) is 0 Å². The van der Waals surface area contributed by atoms with E-state index < -0.39 is 6.43 Å². The summed E-state index contributed by atoms with van der Waals surface area (Å²) in [4.78, 5) is 1.55. The smallest absolute Gasteiger partial charge is 0.251 e. The topological polar surface area (TPSA) is 49.5 Å². The molecule has 0 aliphatic carbocycles. The Morgan fingerprint density at radius 2 is 2.05 bits per heavy atom. The Balaban J connectivity index is 3.02. The second-order valence-electron chi connectivity index (χ2n) is 4.83. The molecule has 0 aromatic heterocycles. The maximum Gasteiger partial charge on any atom is 0.251 e. The molecule has 5 heteroatoms. The molecule has 1 rings (SSSR count). The van der Waals surface area contributed by atoms with Crippen LogP contribution < -0.4 is 5.73 Å². The monoisotopic (exact) mass is 272 g/mol. The zero-order valence-electron chi connectivity index (χ0n) is 11.4. The average Bonchev–Trinajstić information content (AvgIpc) is 2.28. The molecule has 0 heterocycles. The second-order valence-corrected chi connectivity index (χ2v) is 4.83. The van der Waals surface area contributed by atoms with Gasteiger partial charge in [-0.1, -0.05) is 29.8 Å². The third-order valence-corrected chi connectivity index (χ3v) is 3.03. The van der Waals surface area contributed by atoms with Crippen molar-refractivity contribution in [2.24, 2.45) is 5.73 Å². The lowest BCUT2D eigenvalue weighted by Gasteiger charge is -2.34. The first-order valence-corrected chi connectivity index (χ1v) is 6.41. The Hall–Kier alpha value is -1.04. The third-order valence-electron chi connectivity index (χ3n) is 3.03. The van der Waals surface area contributed by atoms with Crippen LogP contribution in [0.5, 0.6) is 0 Å². The Morgan fingerprint density at radius 3 is 2.53 bits per heavy atom. The molecule has 1 aromatic carbocycles. The van der Waals surface area contributed by atoms with Gasteiger partial charge in [0, 0.05) is 18.6 Å². The molecular weight excluding hydrogens is 250 g/mol. The van der Waals surface area contributed by atoms with E-state index in [4.69, 9.17) is 10.8 Å². The Morgan fingerprint density at radius 1 is 1.37 bits per heavy atom. The van der Waals surface area contributed by atoms with E-state index in [0.717, 1.165) is 11.1 Å². The van der Waals surface area contributed by atoms with Crippen LogP contribution in [-0.4, -0.2) is 42.2 Å². The molecule has 0 saturated heterocycles. The maximum atomic E-state index is 12.7. The minimum absolute atomic E-state index is 0.165. The molecule has 19 heavy (non-hydrogen) atoms.